The minimum absolute atomic E-state index is 0.123. The van der Waals surface area contributed by atoms with Gasteiger partial charge < -0.3 is 10.1 Å². The molecule has 0 bridgehead atoms. The molecular formula is C12H14F3N3. The summed E-state index contributed by atoms with van der Waals surface area (Å²) in [6, 6.07) is 2.40. The number of hydrogen-bond donors (Lipinski definition) is 1. The van der Waals surface area contributed by atoms with Crippen LogP contribution in [-0.2, 0) is 12.7 Å². The second-order valence-electron chi connectivity index (χ2n) is 4.45. The predicted molar refractivity (Wildman–Crippen MR) is 62.2 cm³/mol. The zero-order valence-electron chi connectivity index (χ0n) is 10.1. The Kier molecular flexibility index (Phi) is 3.06. The Morgan fingerprint density at radius 1 is 1.33 bits per heavy atom. The van der Waals surface area contributed by atoms with Crippen LogP contribution in [0.25, 0.3) is 5.65 Å². The lowest BCUT2D eigenvalue weighted by Crippen LogP contribution is -2.09. The Balaban J connectivity index is 2.68. The Morgan fingerprint density at radius 3 is 2.50 bits per heavy atom. The lowest BCUT2D eigenvalue weighted by Gasteiger charge is -2.08. The second-order valence-corrected chi connectivity index (χ2v) is 4.45. The molecule has 0 aromatic carbocycles. The van der Waals surface area contributed by atoms with Crippen LogP contribution in [0.15, 0.2) is 18.3 Å². The van der Waals surface area contributed by atoms with Crippen molar-refractivity contribution in [1.82, 2.24) is 9.38 Å². The van der Waals surface area contributed by atoms with Gasteiger partial charge in [0, 0.05) is 12.7 Å². The molecule has 6 heteroatoms. The lowest BCUT2D eigenvalue weighted by atomic mass is 10.1. The van der Waals surface area contributed by atoms with Crippen molar-refractivity contribution >= 4 is 5.65 Å². The van der Waals surface area contributed by atoms with Gasteiger partial charge in [0.1, 0.15) is 5.65 Å². The molecule has 2 N–H and O–H groups in total. The van der Waals surface area contributed by atoms with Gasteiger partial charge in [0.15, 0.2) is 0 Å². The van der Waals surface area contributed by atoms with E-state index in [4.69, 9.17) is 5.73 Å². The summed E-state index contributed by atoms with van der Waals surface area (Å²) in [6.45, 7) is 4.03. The summed E-state index contributed by atoms with van der Waals surface area (Å²) in [5.41, 5.74) is 6.79. The van der Waals surface area contributed by atoms with Gasteiger partial charge in [-0.2, -0.15) is 13.2 Å². The van der Waals surface area contributed by atoms with Crippen molar-refractivity contribution < 1.29 is 13.2 Å². The Hall–Kier alpha value is -1.56. The van der Waals surface area contributed by atoms with Crippen LogP contribution in [-0.4, -0.2) is 9.38 Å². The van der Waals surface area contributed by atoms with Crippen LogP contribution in [0.5, 0.6) is 0 Å². The molecule has 0 fully saturated rings. The van der Waals surface area contributed by atoms with E-state index in [1.54, 1.807) is 0 Å². The maximum atomic E-state index is 12.7. The van der Waals surface area contributed by atoms with Crippen LogP contribution < -0.4 is 5.73 Å². The molecule has 0 aliphatic carbocycles. The van der Waals surface area contributed by atoms with E-state index in [1.165, 1.54) is 10.5 Å². The molecule has 2 aromatic rings. The van der Waals surface area contributed by atoms with Crippen molar-refractivity contribution in [2.45, 2.75) is 32.5 Å². The van der Waals surface area contributed by atoms with Crippen LogP contribution in [0.3, 0.4) is 0 Å². The van der Waals surface area contributed by atoms with Crippen molar-refractivity contribution in [3.05, 3.63) is 35.3 Å². The number of imidazole rings is 1. The van der Waals surface area contributed by atoms with Gasteiger partial charge >= 0.3 is 6.18 Å². The second kappa shape index (κ2) is 4.28. The topological polar surface area (TPSA) is 43.3 Å². The molecule has 0 unspecified atom stereocenters. The van der Waals surface area contributed by atoms with Crippen molar-refractivity contribution in [3.8, 4) is 0 Å². The fourth-order valence-corrected chi connectivity index (χ4v) is 1.94. The molecule has 18 heavy (non-hydrogen) atoms. The molecule has 2 heterocycles. The molecule has 0 spiro atoms. The summed E-state index contributed by atoms with van der Waals surface area (Å²) in [5, 5.41) is 0. The zero-order chi connectivity index (χ0) is 13.5. The van der Waals surface area contributed by atoms with E-state index in [9.17, 15) is 13.2 Å². The number of hydrogen-bond acceptors (Lipinski definition) is 2. The fourth-order valence-electron chi connectivity index (χ4n) is 1.94. The third kappa shape index (κ3) is 2.08. The number of alkyl halides is 3. The van der Waals surface area contributed by atoms with Gasteiger partial charge in [0.05, 0.1) is 17.0 Å². The summed E-state index contributed by atoms with van der Waals surface area (Å²) in [6.07, 6.45) is -3.31. The van der Waals surface area contributed by atoms with E-state index in [1.807, 2.05) is 13.8 Å². The quantitative estimate of drug-likeness (QED) is 0.898. The molecule has 2 aromatic heterocycles. The molecule has 0 radical (unpaired) electrons. The molecular weight excluding hydrogens is 243 g/mol. The smallest absolute Gasteiger partial charge is 0.325 e. The highest BCUT2D eigenvalue weighted by molar-refractivity contribution is 5.45. The summed E-state index contributed by atoms with van der Waals surface area (Å²) in [5.74, 6) is 0.123. The largest absolute Gasteiger partial charge is 0.417 e. The van der Waals surface area contributed by atoms with Crippen LogP contribution in [0.2, 0.25) is 0 Å². The number of aromatic nitrogens is 2. The van der Waals surface area contributed by atoms with Gasteiger partial charge in [-0.15, -0.1) is 0 Å². The van der Waals surface area contributed by atoms with E-state index < -0.39 is 11.7 Å². The minimum atomic E-state index is -4.36. The monoisotopic (exact) mass is 257 g/mol. The first kappa shape index (κ1) is 12.9. The predicted octanol–water partition coefficient (Wildman–Crippen LogP) is 2.94. The number of pyridine rings is 1. The van der Waals surface area contributed by atoms with Gasteiger partial charge in [0.25, 0.3) is 0 Å². The van der Waals surface area contributed by atoms with Crippen LogP contribution in [0.4, 0.5) is 13.2 Å². The van der Waals surface area contributed by atoms with Gasteiger partial charge in [-0.25, -0.2) is 4.98 Å². The maximum Gasteiger partial charge on any atom is 0.417 e. The number of nitrogens with zero attached hydrogens (tertiary/aromatic N) is 2. The Labute approximate surface area is 102 Å². The highest BCUT2D eigenvalue weighted by Gasteiger charge is 2.31. The van der Waals surface area contributed by atoms with Crippen LogP contribution >= 0.6 is 0 Å². The number of nitrogens with two attached hydrogens (primary N) is 1. The van der Waals surface area contributed by atoms with Gasteiger partial charge in [-0.1, -0.05) is 13.8 Å². The van der Waals surface area contributed by atoms with Crippen LogP contribution in [0.1, 0.15) is 36.7 Å². The standard InChI is InChI=1S/C12H14F3N3/c1-7(2)11-9(5-16)18-6-8(12(13,14)15)3-4-10(18)17-11/h3-4,6-7H,5,16H2,1-2H3. The third-order valence-corrected chi connectivity index (χ3v) is 2.82. The average Bonchev–Trinajstić information content (AvgIpc) is 2.65. The molecule has 0 saturated carbocycles. The number of rotatable bonds is 2. The third-order valence-electron chi connectivity index (χ3n) is 2.82. The maximum absolute atomic E-state index is 12.7. The molecule has 0 saturated heterocycles. The van der Waals surface area contributed by atoms with E-state index in [0.717, 1.165) is 18.0 Å². The number of fused-ring (bicyclic) bond motifs is 1. The SMILES string of the molecule is CC(C)c1nc2ccc(C(F)(F)F)cn2c1CN. The highest BCUT2D eigenvalue weighted by atomic mass is 19.4. The van der Waals surface area contributed by atoms with E-state index >= 15 is 0 Å². The molecule has 0 amide bonds. The summed E-state index contributed by atoms with van der Waals surface area (Å²) >= 11 is 0. The van der Waals surface area contributed by atoms with Crippen molar-refractivity contribution in [2.75, 3.05) is 0 Å². The molecule has 98 valence electrons. The highest BCUT2D eigenvalue weighted by Crippen LogP contribution is 2.30. The molecule has 2 rings (SSSR count). The Morgan fingerprint density at radius 2 is 2.00 bits per heavy atom. The molecule has 0 atom stereocenters. The van der Waals surface area contributed by atoms with Gasteiger partial charge in [-0.3, -0.25) is 0 Å². The summed E-state index contributed by atoms with van der Waals surface area (Å²) in [4.78, 5) is 4.32. The van der Waals surface area contributed by atoms with Crippen LogP contribution in [0, 0.1) is 0 Å². The van der Waals surface area contributed by atoms with Crippen molar-refractivity contribution in [3.63, 3.8) is 0 Å². The van der Waals surface area contributed by atoms with Crippen molar-refractivity contribution in [2.24, 2.45) is 5.73 Å². The normalized spacial score (nSPS) is 12.6. The summed E-state index contributed by atoms with van der Waals surface area (Å²) < 4.78 is 39.4. The Bertz CT molecular complexity index is 570. The van der Waals surface area contributed by atoms with Gasteiger partial charge in [0.2, 0.25) is 0 Å². The average molecular weight is 257 g/mol. The van der Waals surface area contributed by atoms with Crippen molar-refractivity contribution in [1.29, 1.82) is 0 Å². The summed E-state index contributed by atoms with van der Waals surface area (Å²) in [7, 11) is 0. The van der Waals surface area contributed by atoms with E-state index in [-0.39, 0.29) is 12.5 Å². The van der Waals surface area contributed by atoms with E-state index in [0.29, 0.717) is 11.3 Å². The first-order valence-corrected chi connectivity index (χ1v) is 5.62. The first-order chi connectivity index (χ1) is 8.34. The lowest BCUT2D eigenvalue weighted by molar-refractivity contribution is -0.137. The van der Waals surface area contributed by atoms with Gasteiger partial charge in [-0.05, 0) is 18.1 Å². The molecule has 0 aliphatic rings. The molecule has 0 aliphatic heterocycles. The zero-order valence-corrected chi connectivity index (χ0v) is 10.1. The fraction of sp³-hybridized carbons (Fsp3) is 0.417. The first-order valence-electron chi connectivity index (χ1n) is 5.62. The number of halogens is 3. The molecule has 3 nitrogen and oxygen atoms in total. The minimum Gasteiger partial charge on any atom is -0.325 e. The van der Waals surface area contributed by atoms with E-state index in [2.05, 4.69) is 4.98 Å².